The third-order valence-corrected chi connectivity index (χ3v) is 5.86. The monoisotopic (exact) mass is 397 g/mol. The normalized spacial score (nSPS) is 19.2. The number of amides is 1. The Morgan fingerprint density at radius 3 is 2.59 bits per heavy atom. The first-order chi connectivity index (χ1) is 14.0. The summed E-state index contributed by atoms with van der Waals surface area (Å²) in [7, 11) is 3.34. The summed E-state index contributed by atoms with van der Waals surface area (Å²) >= 11 is 0. The number of aryl methyl sites for hydroxylation is 1. The molecule has 0 radical (unpaired) electrons. The molecule has 0 spiro atoms. The lowest BCUT2D eigenvalue weighted by Crippen LogP contribution is -3.13. The second-order valence-corrected chi connectivity index (χ2v) is 7.92. The van der Waals surface area contributed by atoms with Gasteiger partial charge >= 0.3 is 0 Å². The molecule has 5 nitrogen and oxygen atoms in total. The van der Waals surface area contributed by atoms with Gasteiger partial charge in [0.2, 0.25) is 5.91 Å². The fourth-order valence-corrected chi connectivity index (χ4v) is 4.46. The highest BCUT2D eigenvalue weighted by Gasteiger charge is 2.37. The van der Waals surface area contributed by atoms with E-state index in [0.717, 1.165) is 31.0 Å². The molecule has 0 aliphatic carbocycles. The first-order valence-corrected chi connectivity index (χ1v) is 10.4. The quantitative estimate of drug-likeness (QED) is 0.755. The lowest BCUT2D eigenvalue weighted by Gasteiger charge is -2.38. The Kier molecular flexibility index (Phi) is 6.80. The largest absolute Gasteiger partial charge is 0.493 e. The predicted molar refractivity (Wildman–Crippen MR) is 115 cm³/mol. The fraction of sp³-hybridized carbons (Fsp3) is 0.458. The molecule has 1 aliphatic rings. The number of hydrogen-bond acceptors (Lipinski definition) is 3. The van der Waals surface area contributed by atoms with Crippen LogP contribution in [-0.2, 0) is 17.8 Å². The van der Waals surface area contributed by atoms with E-state index in [1.54, 1.807) is 14.2 Å². The van der Waals surface area contributed by atoms with Crippen molar-refractivity contribution in [2.75, 3.05) is 20.8 Å². The van der Waals surface area contributed by atoms with Gasteiger partial charge in [0.25, 0.3) is 0 Å². The molecular weight excluding hydrogens is 364 g/mol. The van der Waals surface area contributed by atoms with Crippen molar-refractivity contribution in [2.24, 2.45) is 0 Å². The summed E-state index contributed by atoms with van der Waals surface area (Å²) in [6.07, 6.45) is 1.46. The zero-order valence-corrected chi connectivity index (χ0v) is 18.2. The van der Waals surface area contributed by atoms with Crippen molar-refractivity contribution in [3.63, 3.8) is 0 Å². The van der Waals surface area contributed by atoms with Crippen LogP contribution in [-0.4, -0.2) is 32.7 Å². The molecule has 1 unspecified atom stereocenters. The van der Waals surface area contributed by atoms with Crippen molar-refractivity contribution in [2.45, 2.75) is 52.2 Å². The molecule has 0 saturated heterocycles. The zero-order valence-electron chi connectivity index (χ0n) is 18.2. The lowest BCUT2D eigenvalue weighted by molar-refractivity contribution is -0.948. The van der Waals surface area contributed by atoms with E-state index in [9.17, 15) is 4.79 Å². The smallest absolute Gasteiger partial charge is 0.220 e. The first kappa shape index (κ1) is 21.2. The molecule has 3 atom stereocenters. The molecule has 2 N–H and O–H groups in total. The molecule has 1 aliphatic heterocycles. The molecule has 1 amide bonds. The van der Waals surface area contributed by atoms with E-state index >= 15 is 0 Å². The highest BCUT2D eigenvalue weighted by atomic mass is 16.5. The third kappa shape index (κ3) is 4.73. The number of methoxy groups -OCH3 is 2. The molecule has 2 aromatic rings. The zero-order chi connectivity index (χ0) is 21.0. The Hall–Kier alpha value is -2.53. The Labute approximate surface area is 174 Å². The summed E-state index contributed by atoms with van der Waals surface area (Å²) in [6, 6.07) is 13.0. The van der Waals surface area contributed by atoms with Crippen LogP contribution in [0.3, 0.4) is 0 Å². The van der Waals surface area contributed by atoms with Crippen LogP contribution in [0.25, 0.3) is 0 Å². The lowest BCUT2D eigenvalue weighted by atomic mass is 9.87. The number of nitrogens with one attached hydrogen (secondary N) is 2. The Bertz CT molecular complexity index is 865. The Morgan fingerprint density at radius 2 is 1.93 bits per heavy atom. The van der Waals surface area contributed by atoms with Crippen LogP contribution in [0, 0.1) is 6.92 Å². The summed E-state index contributed by atoms with van der Waals surface area (Å²) in [6.45, 7) is 8.06. The van der Waals surface area contributed by atoms with E-state index < -0.39 is 0 Å². The number of carbonyl (C=O) groups excluding carboxylic acids is 1. The minimum Gasteiger partial charge on any atom is -0.493 e. The van der Waals surface area contributed by atoms with Gasteiger partial charge in [-0.25, -0.2) is 0 Å². The number of rotatable bonds is 7. The standard InChI is InChI=1S/C24H32N2O3/c1-6-23(27)25-17(3)24-20-14-22(29-5)21(28-4)13-19(20)10-11-26(24)15-18-9-7-8-16(2)12-18/h7-9,12-14,17,24H,6,10-11,15H2,1-5H3,(H,25,27)/p+1/t17-,24+/m1/s1. The van der Waals surface area contributed by atoms with E-state index in [-0.39, 0.29) is 18.0 Å². The van der Waals surface area contributed by atoms with Crippen LogP contribution in [0.1, 0.15) is 48.6 Å². The molecule has 0 fully saturated rings. The number of ether oxygens (including phenoxy) is 2. The SMILES string of the molecule is CCC(=O)N[C@H](C)[C@H]1c2cc(OC)c(OC)cc2CC[NH+]1Cc1cccc(C)c1. The first-order valence-electron chi connectivity index (χ1n) is 10.4. The van der Waals surface area contributed by atoms with Crippen molar-refractivity contribution in [1.82, 2.24) is 5.32 Å². The van der Waals surface area contributed by atoms with E-state index in [4.69, 9.17) is 9.47 Å². The van der Waals surface area contributed by atoms with Crippen LogP contribution in [0.4, 0.5) is 0 Å². The van der Waals surface area contributed by atoms with E-state index in [1.165, 1.54) is 27.2 Å². The number of benzene rings is 2. The topological polar surface area (TPSA) is 52.0 Å². The van der Waals surface area contributed by atoms with Gasteiger partial charge in [0.05, 0.1) is 26.8 Å². The minimum absolute atomic E-state index is 0.0133. The van der Waals surface area contributed by atoms with E-state index in [0.29, 0.717) is 6.42 Å². The van der Waals surface area contributed by atoms with Gasteiger partial charge in [-0.05, 0) is 31.5 Å². The average Bonchev–Trinajstić information content (AvgIpc) is 2.72. The molecule has 1 heterocycles. The second-order valence-electron chi connectivity index (χ2n) is 7.92. The van der Waals surface area contributed by atoms with E-state index in [2.05, 4.69) is 55.6 Å². The highest BCUT2D eigenvalue weighted by molar-refractivity contribution is 5.75. The Morgan fingerprint density at radius 1 is 1.21 bits per heavy atom. The second kappa shape index (κ2) is 9.31. The molecule has 0 bridgehead atoms. The minimum atomic E-state index is 0.0133. The molecule has 156 valence electrons. The highest BCUT2D eigenvalue weighted by Crippen LogP contribution is 2.35. The van der Waals surface area contributed by atoms with Crippen molar-refractivity contribution in [3.05, 3.63) is 58.7 Å². The molecular formula is C24H33N2O3+. The maximum absolute atomic E-state index is 12.1. The van der Waals surface area contributed by atoms with E-state index in [1.807, 2.05) is 6.92 Å². The molecule has 0 saturated carbocycles. The van der Waals surface area contributed by atoms with Gasteiger partial charge in [0.15, 0.2) is 11.5 Å². The maximum Gasteiger partial charge on any atom is 0.220 e. The van der Waals surface area contributed by atoms with Crippen molar-refractivity contribution >= 4 is 5.91 Å². The Balaban J connectivity index is 1.99. The maximum atomic E-state index is 12.1. The van der Waals surface area contributed by atoms with Gasteiger partial charge in [-0.15, -0.1) is 0 Å². The van der Waals surface area contributed by atoms with Crippen LogP contribution in [0.15, 0.2) is 36.4 Å². The molecule has 3 rings (SSSR count). The van der Waals surface area contributed by atoms with Gasteiger partial charge in [-0.1, -0.05) is 36.8 Å². The molecule has 29 heavy (non-hydrogen) atoms. The van der Waals surface area contributed by atoms with Gasteiger partial charge < -0.3 is 19.7 Å². The summed E-state index contributed by atoms with van der Waals surface area (Å²) < 4.78 is 11.1. The van der Waals surface area contributed by atoms with Crippen molar-refractivity contribution in [1.29, 1.82) is 0 Å². The van der Waals surface area contributed by atoms with Crippen LogP contribution in [0.2, 0.25) is 0 Å². The number of carbonyl (C=O) groups is 1. The van der Waals surface area contributed by atoms with Gasteiger partial charge in [-0.2, -0.15) is 0 Å². The summed E-state index contributed by atoms with van der Waals surface area (Å²) in [5.74, 6) is 1.58. The summed E-state index contributed by atoms with van der Waals surface area (Å²) in [4.78, 5) is 13.6. The van der Waals surface area contributed by atoms with Gasteiger partial charge in [0, 0.05) is 24.0 Å². The van der Waals surface area contributed by atoms with Crippen LogP contribution < -0.4 is 19.7 Å². The predicted octanol–water partition coefficient (Wildman–Crippen LogP) is 2.61. The molecule has 2 aromatic carbocycles. The third-order valence-electron chi connectivity index (χ3n) is 5.86. The summed E-state index contributed by atoms with van der Waals surface area (Å²) in [5.41, 5.74) is 5.11. The fourth-order valence-electron chi connectivity index (χ4n) is 4.46. The van der Waals surface area contributed by atoms with Gasteiger partial charge in [-0.3, -0.25) is 4.79 Å². The summed E-state index contributed by atoms with van der Waals surface area (Å²) in [5, 5.41) is 3.20. The van der Waals surface area contributed by atoms with Crippen LogP contribution >= 0.6 is 0 Å². The van der Waals surface area contributed by atoms with Gasteiger partial charge in [0.1, 0.15) is 12.6 Å². The van der Waals surface area contributed by atoms with Crippen molar-refractivity contribution < 1.29 is 19.2 Å². The number of fused-ring (bicyclic) bond motifs is 1. The van der Waals surface area contributed by atoms with Crippen LogP contribution in [0.5, 0.6) is 11.5 Å². The molecule has 5 heteroatoms. The average molecular weight is 398 g/mol. The molecule has 0 aromatic heterocycles. The number of quaternary nitrogens is 1. The number of hydrogen-bond donors (Lipinski definition) is 2. The van der Waals surface area contributed by atoms with Crippen molar-refractivity contribution in [3.8, 4) is 11.5 Å².